The Kier molecular flexibility index (Phi) is 5.66. The molecule has 0 saturated carbocycles. The fourth-order valence-corrected chi connectivity index (χ4v) is 2.79. The number of hydrogen-bond acceptors (Lipinski definition) is 5. The van der Waals surface area contributed by atoms with E-state index in [1.807, 2.05) is 12.1 Å². The van der Waals surface area contributed by atoms with Gasteiger partial charge in [-0.05, 0) is 44.1 Å². The zero-order valence-electron chi connectivity index (χ0n) is 13.2. The van der Waals surface area contributed by atoms with Crippen molar-refractivity contribution in [3.05, 3.63) is 41.2 Å². The van der Waals surface area contributed by atoms with Crippen molar-refractivity contribution in [2.24, 2.45) is 0 Å². The first-order chi connectivity index (χ1) is 11.7. The van der Waals surface area contributed by atoms with E-state index in [1.54, 1.807) is 23.0 Å². The van der Waals surface area contributed by atoms with E-state index in [0.717, 1.165) is 25.9 Å². The number of halogens is 1. The van der Waals surface area contributed by atoms with Gasteiger partial charge >= 0.3 is 0 Å². The lowest BCUT2D eigenvalue weighted by Crippen LogP contribution is -2.30. The quantitative estimate of drug-likeness (QED) is 0.775. The first-order valence-electron chi connectivity index (χ1n) is 8.01. The first kappa shape index (κ1) is 16.7. The molecule has 1 amide bonds. The molecule has 0 bridgehead atoms. The number of carbonyl (C=O) groups is 1. The second kappa shape index (κ2) is 8.12. The maximum absolute atomic E-state index is 12.1. The van der Waals surface area contributed by atoms with Crippen molar-refractivity contribution in [2.45, 2.75) is 18.9 Å². The fraction of sp³-hybridized carbons (Fsp3) is 0.438. The molecule has 1 fully saturated rings. The van der Waals surface area contributed by atoms with Crippen LogP contribution in [0.15, 0.2) is 30.5 Å². The smallest absolute Gasteiger partial charge is 0.273 e. The molecule has 0 spiro atoms. The van der Waals surface area contributed by atoms with Crippen LogP contribution in [0.5, 0.6) is 5.75 Å². The Hall–Kier alpha value is -2.12. The Morgan fingerprint density at radius 2 is 2.25 bits per heavy atom. The third kappa shape index (κ3) is 4.46. The van der Waals surface area contributed by atoms with E-state index in [-0.39, 0.29) is 5.91 Å². The maximum Gasteiger partial charge on any atom is 0.273 e. The van der Waals surface area contributed by atoms with Crippen LogP contribution in [0.3, 0.4) is 0 Å². The second-order valence-corrected chi connectivity index (χ2v) is 6.06. The number of hydrogen-bond donors (Lipinski definition) is 2. The van der Waals surface area contributed by atoms with E-state index >= 15 is 0 Å². The molecule has 2 N–H and O–H groups in total. The summed E-state index contributed by atoms with van der Waals surface area (Å²) in [6, 6.07) is 7.45. The van der Waals surface area contributed by atoms with Gasteiger partial charge in [0.2, 0.25) is 0 Å². The van der Waals surface area contributed by atoms with E-state index in [0.29, 0.717) is 35.7 Å². The lowest BCUT2D eigenvalue weighted by atomic mass is 10.1. The summed E-state index contributed by atoms with van der Waals surface area (Å²) in [6.45, 7) is 2.67. The van der Waals surface area contributed by atoms with E-state index in [2.05, 4.69) is 20.9 Å². The average Bonchev–Trinajstić information content (AvgIpc) is 3.10. The Bertz CT molecular complexity index is 685. The number of benzene rings is 1. The van der Waals surface area contributed by atoms with Crippen LogP contribution in [0.4, 0.5) is 0 Å². The van der Waals surface area contributed by atoms with Crippen molar-refractivity contribution in [2.75, 3.05) is 26.2 Å². The third-order valence-electron chi connectivity index (χ3n) is 3.88. The molecule has 1 aliphatic rings. The molecule has 0 unspecified atom stereocenters. The highest BCUT2D eigenvalue weighted by molar-refractivity contribution is 6.30. The van der Waals surface area contributed by atoms with Gasteiger partial charge in [-0.15, -0.1) is 5.10 Å². The van der Waals surface area contributed by atoms with E-state index in [1.165, 1.54) is 0 Å². The Morgan fingerprint density at radius 3 is 3.04 bits per heavy atom. The number of rotatable bonds is 6. The summed E-state index contributed by atoms with van der Waals surface area (Å²) in [5.74, 6) is 0.429. The summed E-state index contributed by atoms with van der Waals surface area (Å²) in [4.78, 5) is 12.1. The van der Waals surface area contributed by atoms with Crippen molar-refractivity contribution in [1.29, 1.82) is 0 Å². The highest BCUT2D eigenvalue weighted by atomic mass is 35.5. The lowest BCUT2D eigenvalue weighted by molar-refractivity contribution is 0.0942. The van der Waals surface area contributed by atoms with Crippen molar-refractivity contribution in [1.82, 2.24) is 25.6 Å². The number of amides is 1. The molecule has 0 radical (unpaired) electrons. The lowest BCUT2D eigenvalue weighted by Gasteiger charge is -2.22. The molecule has 128 valence electrons. The van der Waals surface area contributed by atoms with Gasteiger partial charge in [-0.1, -0.05) is 22.9 Å². The van der Waals surface area contributed by atoms with Gasteiger partial charge in [0.05, 0.1) is 18.8 Å². The second-order valence-electron chi connectivity index (χ2n) is 5.63. The van der Waals surface area contributed by atoms with Crippen LogP contribution in [-0.2, 0) is 0 Å². The topological polar surface area (TPSA) is 81.1 Å². The van der Waals surface area contributed by atoms with E-state index in [4.69, 9.17) is 16.3 Å². The summed E-state index contributed by atoms with van der Waals surface area (Å²) in [6.07, 6.45) is 3.71. The summed E-state index contributed by atoms with van der Waals surface area (Å²) in [5, 5.41) is 14.7. The molecule has 1 aromatic heterocycles. The molecule has 1 aromatic carbocycles. The van der Waals surface area contributed by atoms with Gasteiger partial charge in [-0.25, -0.2) is 4.68 Å². The zero-order chi connectivity index (χ0) is 16.8. The summed E-state index contributed by atoms with van der Waals surface area (Å²) >= 11 is 5.88. The number of carbonyl (C=O) groups excluding carboxylic acids is 1. The van der Waals surface area contributed by atoms with Gasteiger partial charge in [-0.3, -0.25) is 4.79 Å². The summed E-state index contributed by atoms with van der Waals surface area (Å²) in [7, 11) is 0. The Morgan fingerprint density at radius 1 is 1.42 bits per heavy atom. The summed E-state index contributed by atoms with van der Waals surface area (Å²) in [5.41, 5.74) is 0.330. The highest BCUT2D eigenvalue weighted by Crippen LogP contribution is 2.17. The number of aromatic nitrogens is 3. The number of piperidine rings is 1. The molecule has 1 saturated heterocycles. The molecule has 0 atom stereocenters. The molecule has 0 aliphatic carbocycles. The van der Waals surface area contributed by atoms with Crippen LogP contribution in [0.25, 0.3) is 0 Å². The monoisotopic (exact) mass is 349 g/mol. The normalized spacial score (nSPS) is 15.2. The van der Waals surface area contributed by atoms with Crippen molar-refractivity contribution in [3.8, 4) is 5.75 Å². The number of nitrogens with zero attached hydrogens (tertiary/aromatic N) is 3. The van der Waals surface area contributed by atoms with Gasteiger partial charge in [0.25, 0.3) is 5.91 Å². The minimum atomic E-state index is -0.245. The molecule has 3 rings (SSSR count). The van der Waals surface area contributed by atoms with Crippen molar-refractivity contribution < 1.29 is 9.53 Å². The van der Waals surface area contributed by atoms with Gasteiger partial charge in [0.15, 0.2) is 5.69 Å². The predicted octanol–water partition coefficient (Wildman–Crippen LogP) is 1.66. The van der Waals surface area contributed by atoms with Crippen molar-refractivity contribution >= 4 is 17.5 Å². The van der Waals surface area contributed by atoms with Gasteiger partial charge < -0.3 is 15.4 Å². The molecular weight excluding hydrogens is 330 g/mol. The highest BCUT2D eigenvalue weighted by Gasteiger charge is 2.18. The molecule has 2 aromatic rings. The molecule has 7 nitrogen and oxygen atoms in total. The van der Waals surface area contributed by atoms with E-state index < -0.39 is 0 Å². The standard InChI is InChI=1S/C16H20ClN5O2/c17-12-2-1-3-14(10-12)24-9-8-19-16(23)15-11-22(21-20-15)13-4-6-18-7-5-13/h1-3,10-11,13,18H,4-9H2,(H,19,23). The van der Waals surface area contributed by atoms with Crippen LogP contribution >= 0.6 is 11.6 Å². The molecule has 8 heteroatoms. The molecule has 2 heterocycles. The minimum Gasteiger partial charge on any atom is -0.492 e. The zero-order valence-corrected chi connectivity index (χ0v) is 14.0. The third-order valence-corrected chi connectivity index (χ3v) is 4.11. The Balaban J connectivity index is 1.44. The minimum absolute atomic E-state index is 0.245. The van der Waals surface area contributed by atoms with Crippen LogP contribution in [0, 0.1) is 0 Å². The van der Waals surface area contributed by atoms with Crippen LogP contribution < -0.4 is 15.4 Å². The van der Waals surface area contributed by atoms with Crippen LogP contribution in [-0.4, -0.2) is 47.1 Å². The average molecular weight is 350 g/mol. The van der Waals surface area contributed by atoms with Crippen molar-refractivity contribution in [3.63, 3.8) is 0 Å². The van der Waals surface area contributed by atoms with Crippen LogP contribution in [0.1, 0.15) is 29.4 Å². The first-order valence-corrected chi connectivity index (χ1v) is 8.39. The van der Waals surface area contributed by atoms with Gasteiger partial charge in [0.1, 0.15) is 12.4 Å². The summed E-state index contributed by atoms with van der Waals surface area (Å²) < 4.78 is 7.32. The molecule has 24 heavy (non-hydrogen) atoms. The molecular formula is C16H20ClN5O2. The number of ether oxygens (including phenoxy) is 1. The predicted molar refractivity (Wildman–Crippen MR) is 90.4 cm³/mol. The number of nitrogens with one attached hydrogen (secondary N) is 2. The van der Waals surface area contributed by atoms with E-state index in [9.17, 15) is 4.79 Å². The largest absolute Gasteiger partial charge is 0.492 e. The molecule has 1 aliphatic heterocycles. The van der Waals surface area contributed by atoms with Gasteiger partial charge in [-0.2, -0.15) is 0 Å². The van der Waals surface area contributed by atoms with Gasteiger partial charge in [0, 0.05) is 5.02 Å². The maximum atomic E-state index is 12.1. The van der Waals surface area contributed by atoms with Crippen LogP contribution in [0.2, 0.25) is 5.02 Å². The fourth-order valence-electron chi connectivity index (χ4n) is 2.61. The Labute approximate surface area is 145 Å². The SMILES string of the molecule is O=C(NCCOc1cccc(Cl)c1)c1cn(C2CCNCC2)nn1.